The number of rotatable bonds is 5. The van der Waals surface area contributed by atoms with Crippen molar-refractivity contribution in [2.24, 2.45) is 5.73 Å². The Balaban J connectivity index is 2.06. The van der Waals surface area contributed by atoms with Gasteiger partial charge in [0.15, 0.2) is 6.29 Å². The van der Waals surface area contributed by atoms with Gasteiger partial charge in [0.2, 0.25) is 0 Å². The normalized spacial score (nSPS) is 22.5. The van der Waals surface area contributed by atoms with Gasteiger partial charge in [-0.1, -0.05) is 13.0 Å². The van der Waals surface area contributed by atoms with Gasteiger partial charge in [-0.3, -0.25) is 0 Å². The third kappa shape index (κ3) is 3.78. The molecule has 0 saturated carbocycles. The Morgan fingerprint density at radius 2 is 2.25 bits per heavy atom. The molecule has 2 N–H and O–H groups in total. The van der Waals surface area contributed by atoms with Crippen LogP contribution in [0.15, 0.2) is 18.2 Å². The lowest BCUT2D eigenvalue weighted by atomic mass is 9.91. The fourth-order valence-electron chi connectivity index (χ4n) is 2.77. The molecule has 1 aromatic rings. The van der Waals surface area contributed by atoms with E-state index < -0.39 is 6.23 Å². The van der Waals surface area contributed by atoms with Crippen molar-refractivity contribution < 1.29 is 13.9 Å². The molecule has 1 aliphatic heterocycles. The van der Waals surface area contributed by atoms with E-state index >= 15 is 0 Å². The first-order chi connectivity index (χ1) is 9.61. The van der Waals surface area contributed by atoms with Crippen molar-refractivity contribution in [1.82, 2.24) is 0 Å². The highest BCUT2D eigenvalue weighted by Crippen LogP contribution is 2.28. The molecule has 1 heterocycles. The summed E-state index contributed by atoms with van der Waals surface area (Å²) in [7, 11) is 0. The molecule has 112 valence electrons. The first kappa shape index (κ1) is 15.4. The zero-order valence-electron chi connectivity index (χ0n) is 12.3. The summed E-state index contributed by atoms with van der Waals surface area (Å²) in [5, 5.41) is 0. The molecular weight excluding hydrogens is 257 g/mol. The number of halogens is 1. The lowest BCUT2D eigenvalue weighted by Crippen LogP contribution is -2.37. The third-order valence-corrected chi connectivity index (χ3v) is 3.91. The van der Waals surface area contributed by atoms with Gasteiger partial charge in [0.05, 0.1) is 0 Å². The van der Waals surface area contributed by atoms with Crippen LogP contribution in [0.4, 0.5) is 4.39 Å². The summed E-state index contributed by atoms with van der Waals surface area (Å²) in [5.41, 5.74) is 8.17. The second-order valence-electron chi connectivity index (χ2n) is 5.41. The minimum Gasteiger partial charge on any atom is -0.353 e. The van der Waals surface area contributed by atoms with Crippen molar-refractivity contribution in [1.29, 1.82) is 0 Å². The summed E-state index contributed by atoms with van der Waals surface area (Å²) in [6.07, 6.45) is 3.32. The lowest BCUT2D eigenvalue weighted by molar-refractivity contribution is -0.191. The monoisotopic (exact) mass is 281 g/mol. The maximum absolute atomic E-state index is 13.2. The first-order valence-corrected chi connectivity index (χ1v) is 7.40. The molecule has 0 aliphatic carbocycles. The molecule has 0 amide bonds. The Morgan fingerprint density at radius 3 is 2.85 bits per heavy atom. The zero-order chi connectivity index (χ0) is 14.5. The van der Waals surface area contributed by atoms with Crippen LogP contribution >= 0.6 is 0 Å². The molecule has 0 aromatic heterocycles. The van der Waals surface area contributed by atoms with E-state index in [4.69, 9.17) is 15.2 Å². The van der Waals surface area contributed by atoms with E-state index in [2.05, 4.69) is 6.92 Å². The van der Waals surface area contributed by atoms with Crippen LogP contribution in [0.2, 0.25) is 0 Å². The molecular formula is C16H24FNO2. The zero-order valence-corrected chi connectivity index (χ0v) is 12.3. The fourth-order valence-corrected chi connectivity index (χ4v) is 2.77. The van der Waals surface area contributed by atoms with Crippen molar-refractivity contribution in [3.63, 3.8) is 0 Å². The van der Waals surface area contributed by atoms with Gasteiger partial charge in [-0.2, -0.15) is 0 Å². The lowest BCUT2D eigenvalue weighted by Gasteiger charge is -2.30. The molecule has 0 spiro atoms. The maximum atomic E-state index is 13.2. The van der Waals surface area contributed by atoms with Crippen molar-refractivity contribution in [3.05, 3.63) is 35.1 Å². The molecule has 1 saturated heterocycles. The van der Waals surface area contributed by atoms with Crippen molar-refractivity contribution in [2.75, 3.05) is 6.61 Å². The predicted molar refractivity (Wildman–Crippen MR) is 76.8 cm³/mol. The molecule has 20 heavy (non-hydrogen) atoms. The Labute approximate surface area is 120 Å². The van der Waals surface area contributed by atoms with Crippen LogP contribution in [0, 0.1) is 12.7 Å². The largest absolute Gasteiger partial charge is 0.353 e. The van der Waals surface area contributed by atoms with Gasteiger partial charge in [0.1, 0.15) is 12.0 Å². The number of benzene rings is 1. The second kappa shape index (κ2) is 7.16. The summed E-state index contributed by atoms with van der Waals surface area (Å²) >= 11 is 0. The van der Waals surface area contributed by atoms with Crippen molar-refractivity contribution in [2.45, 2.75) is 58.0 Å². The van der Waals surface area contributed by atoms with Gasteiger partial charge in [-0.05, 0) is 55.9 Å². The van der Waals surface area contributed by atoms with Crippen LogP contribution in [0.3, 0.4) is 0 Å². The summed E-state index contributed by atoms with van der Waals surface area (Å²) in [5.74, 6) is -0.160. The van der Waals surface area contributed by atoms with E-state index in [1.165, 1.54) is 6.07 Å². The van der Waals surface area contributed by atoms with E-state index in [0.717, 1.165) is 43.4 Å². The second-order valence-corrected chi connectivity index (χ2v) is 5.41. The Morgan fingerprint density at radius 1 is 1.45 bits per heavy atom. The quantitative estimate of drug-likeness (QED) is 0.841. The molecule has 1 aliphatic rings. The summed E-state index contributed by atoms with van der Waals surface area (Å²) in [6.45, 7) is 4.72. The number of nitrogens with two attached hydrogens (primary N) is 1. The minimum absolute atomic E-state index is 0.0566. The van der Waals surface area contributed by atoms with Crippen LogP contribution in [-0.4, -0.2) is 19.1 Å². The Kier molecular flexibility index (Phi) is 5.52. The van der Waals surface area contributed by atoms with E-state index in [0.29, 0.717) is 0 Å². The molecule has 3 atom stereocenters. The summed E-state index contributed by atoms with van der Waals surface area (Å²) in [4.78, 5) is 0. The molecule has 3 nitrogen and oxygen atoms in total. The van der Waals surface area contributed by atoms with E-state index in [1.54, 1.807) is 6.07 Å². The number of hydrogen-bond acceptors (Lipinski definition) is 3. The van der Waals surface area contributed by atoms with E-state index in [9.17, 15) is 4.39 Å². The Bertz CT molecular complexity index is 432. The third-order valence-electron chi connectivity index (χ3n) is 3.91. The SMILES string of the molecule is CCC(c1ccc(F)cc1C)C(N)OC1CCCCO1. The molecule has 4 heteroatoms. The highest BCUT2D eigenvalue weighted by molar-refractivity contribution is 5.30. The van der Waals surface area contributed by atoms with Gasteiger partial charge in [-0.25, -0.2) is 4.39 Å². The van der Waals surface area contributed by atoms with Gasteiger partial charge < -0.3 is 15.2 Å². The highest BCUT2D eigenvalue weighted by atomic mass is 19.1. The average molecular weight is 281 g/mol. The van der Waals surface area contributed by atoms with Crippen LogP contribution in [0.25, 0.3) is 0 Å². The fraction of sp³-hybridized carbons (Fsp3) is 0.625. The summed E-state index contributed by atoms with van der Waals surface area (Å²) in [6, 6.07) is 4.83. The van der Waals surface area contributed by atoms with Gasteiger partial charge in [0.25, 0.3) is 0 Å². The van der Waals surface area contributed by atoms with Gasteiger partial charge in [0, 0.05) is 12.5 Å². The molecule has 0 radical (unpaired) electrons. The van der Waals surface area contributed by atoms with Crippen LogP contribution in [0.5, 0.6) is 0 Å². The van der Waals surface area contributed by atoms with Crippen LogP contribution in [0.1, 0.15) is 49.7 Å². The van der Waals surface area contributed by atoms with Crippen LogP contribution < -0.4 is 5.73 Å². The molecule has 1 fully saturated rings. The maximum Gasteiger partial charge on any atom is 0.159 e. The predicted octanol–water partition coefficient (Wildman–Crippen LogP) is 3.46. The van der Waals surface area contributed by atoms with Crippen molar-refractivity contribution in [3.8, 4) is 0 Å². The topological polar surface area (TPSA) is 44.5 Å². The number of ether oxygens (including phenoxy) is 2. The number of hydrogen-bond donors (Lipinski definition) is 1. The van der Waals surface area contributed by atoms with Gasteiger partial charge in [-0.15, -0.1) is 0 Å². The van der Waals surface area contributed by atoms with Crippen molar-refractivity contribution >= 4 is 0 Å². The summed E-state index contributed by atoms with van der Waals surface area (Å²) < 4.78 is 24.6. The molecule has 1 aromatic carbocycles. The van der Waals surface area contributed by atoms with Crippen LogP contribution in [-0.2, 0) is 9.47 Å². The van der Waals surface area contributed by atoms with E-state index in [1.807, 2.05) is 13.0 Å². The van der Waals surface area contributed by atoms with Gasteiger partial charge >= 0.3 is 0 Å². The first-order valence-electron chi connectivity index (χ1n) is 7.40. The molecule has 2 rings (SSSR count). The number of aryl methyl sites for hydroxylation is 1. The van der Waals surface area contributed by atoms with E-state index in [-0.39, 0.29) is 18.0 Å². The average Bonchev–Trinajstić information content (AvgIpc) is 2.43. The standard InChI is InChI=1S/C16H24FNO2/c1-3-13(14-8-7-12(17)10-11(14)2)16(18)20-15-6-4-5-9-19-15/h7-8,10,13,15-16H,3-6,9,18H2,1-2H3. The Hall–Kier alpha value is -0.970. The molecule has 3 unspecified atom stereocenters. The molecule has 0 bridgehead atoms. The smallest absolute Gasteiger partial charge is 0.159 e. The minimum atomic E-state index is -0.424. The highest BCUT2D eigenvalue weighted by Gasteiger charge is 2.25.